The van der Waals surface area contributed by atoms with Gasteiger partial charge in [0, 0.05) is 5.56 Å². The van der Waals surface area contributed by atoms with Crippen LogP contribution in [-0.4, -0.2) is 9.97 Å². The number of aryl methyl sites for hydroxylation is 1. The highest BCUT2D eigenvalue weighted by Gasteiger charge is 2.12. The molecule has 0 saturated carbocycles. The molecule has 2 nitrogen and oxygen atoms in total. The molecular weight excluding hydrogens is 298 g/mol. The molecule has 0 N–H and O–H groups in total. The molecule has 0 unspecified atom stereocenters. The smallest absolute Gasteiger partial charge is 0.132 e. The van der Waals surface area contributed by atoms with Crippen LogP contribution in [0.2, 0.25) is 10.0 Å². The van der Waals surface area contributed by atoms with Crippen LogP contribution in [0.1, 0.15) is 5.69 Å². The normalized spacial score (nSPS) is 11.0. The predicted octanol–water partition coefficient (Wildman–Crippen LogP) is 5.05. The zero-order valence-corrected chi connectivity index (χ0v) is 12.0. The van der Waals surface area contributed by atoms with Gasteiger partial charge in [0.2, 0.25) is 0 Å². The average Bonchev–Trinajstić information content (AvgIpc) is 2.41. The maximum atomic E-state index is 13.9. The summed E-state index contributed by atoms with van der Waals surface area (Å²) in [6, 6.07) is 9.77. The third-order valence-corrected chi connectivity index (χ3v) is 3.73. The first kappa shape index (κ1) is 13.3. The topological polar surface area (TPSA) is 25.8 Å². The lowest BCUT2D eigenvalue weighted by Crippen LogP contribution is -1.96. The van der Waals surface area contributed by atoms with Gasteiger partial charge < -0.3 is 0 Å². The van der Waals surface area contributed by atoms with Crippen molar-refractivity contribution in [3.8, 4) is 11.3 Å². The van der Waals surface area contributed by atoms with Gasteiger partial charge in [-0.05, 0) is 31.2 Å². The van der Waals surface area contributed by atoms with Crippen LogP contribution in [0, 0.1) is 12.7 Å². The molecule has 0 aliphatic rings. The lowest BCUT2D eigenvalue weighted by molar-refractivity contribution is 0.630. The molecular formula is C15H9Cl2FN2. The zero-order valence-electron chi connectivity index (χ0n) is 10.5. The summed E-state index contributed by atoms with van der Waals surface area (Å²) in [5, 5.41) is 0.823. The Kier molecular flexibility index (Phi) is 3.32. The summed E-state index contributed by atoms with van der Waals surface area (Å²) < 4.78 is 13.9. The number of halogens is 3. The van der Waals surface area contributed by atoms with E-state index in [2.05, 4.69) is 9.97 Å². The van der Waals surface area contributed by atoms with Crippen molar-refractivity contribution in [2.45, 2.75) is 6.92 Å². The molecule has 0 bridgehead atoms. The summed E-state index contributed by atoms with van der Waals surface area (Å²) in [5.74, 6) is -0.329. The molecule has 0 saturated heterocycles. The Labute approximate surface area is 125 Å². The first-order valence-electron chi connectivity index (χ1n) is 5.94. The first-order valence-corrected chi connectivity index (χ1v) is 6.70. The van der Waals surface area contributed by atoms with E-state index in [1.165, 1.54) is 6.07 Å². The molecule has 1 aromatic heterocycles. The summed E-state index contributed by atoms with van der Waals surface area (Å²) in [6.07, 6.45) is 0. The van der Waals surface area contributed by atoms with Crippen molar-refractivity contribution >= 4 is 34.2 Å². The largest absolute Gasteiger partial charge is 0.249 e. The van der Waals surface area contributed by atoms with Crippen LogP contribution in [-0.2, 0) is 0 Å². The standard InChI is InChI=1S/C15H9Cl2FN2/c1-8-15(9-4-2-3-5-12(9)18)20-14-7-11(17)10(16)6-13(14)19-8/h2-7H,1H3. The third-order valence-electron chi connectivity index (χ3n) is 3.01. The van der Waals surface area contributed by atoms with Crippen molar-refractivity contribution in [1.82, 2.24) is 9.97 Å². The number of rotatable bonds is 1. The molecule has 100 valence electrons. The van der Waals surface area contributed by atoms with E-state index in [0.29, 0.717) is 38.0 Å². The Hall–Kier alpha value is -1.71. The highest BCUT2D eigenvalue weighted by atomic mass is 35.5. The second-order valence-corrected chi connectivity index (χ2v) is 5.21. The van der Waals surface area contributed by atoms with Gasteiger partial charge in [-0.15, -0.1) is 0 Å². The van der Waals surface area contributed by atoms with Gasteiger partial charge in [-0.1, -0.05) is 35.3 Å². The molecule has 0 amide bonds. The molecule has 1 heterocycles. The SMILES string of the molecule is Cc1nc2cc(Cl)c(Cl)cc2nc1-c1ccccc1F. The highest BCUT2D eigenvalue weighted by Crippen LogP contribution is 2.29. The number of aromatic nitrogens is 2. The molecule has 3 rings (SSSR count). The zero-order chi connectivity index (χ0) is 14.3. The second-order valence-electron chi connectivity index (χ2n) is 4.39. The van der Waals surface area contributed by atoms with Crippen LogP contribution in [0.15, 0.2) is 36.4 Å². The average molecular weight is 307 g/mol. The van der Waals surface area contributed by atoms with Crippen molar-refractivity contribution in [3.05, 3.63) is 58.0 Å². The molecule has 0 aliphatic carbocycles. The van der Waals surface area contributed by atoms with Gasteiger partial charge in [0.15, 0.2) is 0 Å². The number of hydrogen-bond acceptors (Lipinski definition) is 2. The van der Waals surface area contributed by atoms with Gasteiger partial charge in [0.1, 0.15) is 5.82 Å². The van der Waals surface area contributed by atoms with E-state index in [1.54, 1.807) is 37.3 Å². The quantitative estimate of drug-likeness (QED) is 0.628. The molecule has 2 aromatic carbocycles. The fraction of sp³-hybridized carbons (Fsp3) is 0.0667. The Bertz CT molecular complexity index is 818. The Balaban J connectivity index is 2.30. The molecule has 5 heteroatoms. The summed E-state index contributed by atoms with van der Waals surface area (Å²) in [5.41, 5.74) is 2.79. The van der Waals surface area contributed by atoms with Gasteiger partial charge in [-0.2, -0.15) is 0 Å². The number of fused-ring (bicyclic) bond motifs is 1. The molecule has 0 atom stereocenters. The predicted molar refractivity (Wildman–Crippen MR) is 79.7 cm³/mol. The number of benzene rings is 2. The summed E-state index contributed by atoms with van der Waals surface area (Å²) >= 11 is 11.9. The highest BCUT2D eigenvalue weighted by molar-refractivity contribution is 6.42. The van der Waals surface area contributed by atoms with Gasteiger partial charge in [0.25, 0.3) is 0 Å². The second kappa shape index (κ2) is 5.00. The van der Waals surface area contributed by atoms with E-state index in [1.807, 2.05) is 0 Å². The van der Waals surface area contributed by atoms with Crippen LogP contribution in [0.25, 0.3) is 22.3 Å². The molecule has 0 aliphatic heterocycles. The van der Waals surface area contributed by atoms with Crippen molar-refractivity contribution in [3.63, 3.8) is 0 Å². The van der Waals surface area contributed by atoms with Gasteiger partial charge in [-0.25, -0.2) is 14.4 Å². The monoisotopic (exact) mass is 306 g/mol. The molecule has 20 heavy (non-hydrogen) atoms. The summed E-state index contributed by atoms with van der Waals surface area (Å²) in [4.78, 5) is 8.88. The van der Waals surface area contributed by atoms with Gasteiger partial charge in [-0.3, -0.25) is 0 Å². The van der Waals surface area contributed by atoms with Crippen molar-refractivity contribution in [2.75, 3.05) is 0 Å². The van der Waals surface area contributed by atoms with E-state index in [9.17, 15) is 4.39 Å². The molecule has 0 radical (unpaired) electrons. The minimum atomic E-state index is -0.329. The van der Waals surface area contributed by atoms with Crippen LogP contribution in [0.5, 0.6) is 0 Å². The molecule has 3 aromatic rings. The maximum Gasteiger partial charge on any atom is 0.132 e. The van der Waals surface area contributed by atoms with Crippen LogP contribution in [0.3, 0.4) is 0 Å². The van der Waals surface area contributed by atoms with E-state index in [4.69, 9.17) is 23.2 Å². The van der Waals surface area contributed by atoms with Crippen LogP contribution in [0.4, 0.5) is 4.39 Å². The van der Waals surface area contributed by atoms with E-state index >= 15 is 0 Å². The van der Waals surface area contributed by atoms with E-state index in [-0.39, 0.29) is 5.82 Å². The van der Waals surface area contributed by atoms with Crippen molar-refractivity contribution in [1.29, 1.82) is 0 Å². The van der Waals surface area contributed by atoms with E-state index < -0.39 is 0 Å². The summed E-state index contributed by atoms with van der Waals surface area (Å²) in [7, 11) is 0. The van der Waals surface area contributed by atoms with Crippen LogP contribution < -0.4 is 0 Å². The van der Waals surface area contributed by atoms with Crippen molar-refractivity contribution in [2.24, 2.45) is 0 Å². The third kappa shape index (κ3) is 2.23. The number of nitrogens with zero attached hydrogens (tertiary/aromatic N) is 2. The fourth-order valence-corrected chi connectivity index (χ4v) is 2.36. The first-order chi connectivity index (χ1) is 9.56. The Morgan fingerprint density at radius 2 is 1.55 bits per heavy atom. The van der Waals surface area contributed by atoms with Gasteiger partial charge in [0.05, 0.1) is 32.5 Å². The minimum Gasteiger partial charge on any atom is -0.249 e. The van der Waals surface area contributed by atoms with E-state index in [0.717, 1.165) is 0 Å². The Morgan fingerprint density at radius 1 is 0.950 bits per heavy atom. The van der Waals surface area contributed by atoms with Gasteiger partial charge >= 0.3 is 0 Å². The van der Waals surface area contributed by atoms with Crippen molar-refractivity contribution < 1.29 is 4.39 Å². The number of hydrogen-bond donors (Lipinski definition) is 0. The Morgan fingerprint density at radius 3 is 2.20 bits per heavy atom. The van der Waals surface area contributed by atoms with Crippen LogP contribution >= 0.6 is 23.2 Å². The molecule has 0 fully saturated rings. The maximum absolute atomic E-state index is 13.9. The lowest BCUT2D eigenvalue weighted by atomic mass is 10.1. The fourth-order valence-electron chi connectivity index (χ4n) is 2.05. The molecule has 0 spiro atoms. The minimum absolute atomic E-state index is 0.329. The lowest BCUT2D eigenvalue weighted by Gasteiger charge is -2.08. The summed E-state index contributed by atoms with van der Waals surface area (Å²) in [6.45, 7) is 1.79.